The summed E-state index contributed by atoms with van der Waals surface area (Å²) in [6, 6.07) is 14.2. The molecule has 0 amide bonds. The lowest BCUT2D eigenvalue weighted by atomic mass is 9.81. The maximum atomic E-state index is 12.8. The topological polar surface area (TPSA) is 60.2 Å². The van der Waals surface area contributed by atoms with Gasteiger partial charge in [0.1, 0.15) is 0 Å². The molecule has 0 radical (unpaired) electrons. The molecule has 0 saturated carbocycles. The lowest BCUT2D eigenvalue weighted by Gasteiger charge is -2.25. The van der Waals surface area contributed by atoms with Gasteiger partial charge in [0.15, 0.2) is 0 Å². The lowest BCUT2D eigenvalue weighted by molar-refractivity contribution is 0.524. The molecule has 3 rings (SSSR count). The third kappa shape index (κ3) is 2.81. The summed E-state index contributed by atoms with van der Waals surface area (Å²) in [5.74, 6) is 0.389. The zero-order valence-corrected chi connectivity index (χ0v) is 13.4. The van der Waals surface area contributed by atoms with Crippen LogP contribution in [0.3, 0.4) is 0 Å². The Balaban J connectivity index is 2.05. The maximum Gasteiger partial charge on any atom is 0.206 e. The minimum absolute atomic E-state index is 0.348. The highest BCUT2D eigenvalue weighted by Crippen LogP contribution is 2.36. The van der Waals surface area contributed by atoms with Gasteiger partial charge in [-0.3, -0.25) is 0 Å². The molecular weight excluding hydrogens is 294 g/mol. The molecule has 2 aromatic carbocycles. The molecule has 2 aromatic rings. The van der Waals surface area contributed by atoms with Crippen molar-refractivity contribution >= 4 is 9.84 Å². The van der Waals surface area contributed by atoms with Crippen molar-refractivity contribution in [1.29, 1.82) is 0 Å². The second-order valence-electron chi connectivity index (χ2n) is 5.84. The lowest BCUT2D eigenvalue weighted by Crippen LogP contribution is -2.15. The first-order valence-electron chi connectivity index (χ1n) is 7.76. The van der Waals surface area contributed by atoms with E-state index in [1.807, 2.05) is 18.2 Å². The molecule has 1 aliphatic carbocycles. The van der Waals surface area contributed by atoms with Gasteiger partial charge in [0.25, 0.3) is 0 Å². The van der Waals surface area contributed by atoms with Gasteiger partial charge >= 0.3 is 0 Å². The van der Waals surface area contributed by atoms with Crippen LogP contribution in [0, 0.1) is 0 Å². The van der Waals surface area contributed by atoms with E-state index in [-0.39, 0.29) is 0 Å². The van der Waals surface area contributed by atoms with Crippen LogP contribution < -0.4 is 5.73 Å². The highest BCUT2D eigenvalue weighted by Gasteiger charge is 2.24. The Labute approximate surface area is 132 Å². The summed E-state index contributed by atoms with van der Waals surface area (Å²) in [6.45, 7) is 0.639. The van der Waals surface area contributed by atoms with E-state index in [9.17, 15) is 8.42 Å². The molecule has 0 bridgehead atoms. The van der Waals surface area contributed by atoms with E-state index in [0.29, 0.717) is 22.3 Å². The molecule has 0 unspecified atom stereocenters. The first kappa shape index (κ1) is 15.3. The average molecular weight is 315 g/mol. The van der Waals surface area contributed by atoms with Crippen LogP contribution in [0.25, 0.3) is 0 Å². The monoisotopic (exact) mass is 315 g/mol. The Kier molecular flexibility index (Phi) is 4.32. The summed E-state index contributed by atoms with van der Waals surface area (Å²) in [4.78, 5) is 0.738. The molecule has 0 spiro atoms. The van der Waals surface area contributed by atoms with Gasteiger partial charge in [-0.15, -0.1) is 0 Å². The van der Waals surface area contributed by atoms with Crippen molar-refractivity contribution in [1.82, 2.24) is 0 Å². The first-order chi connectivity index (χ1) is 10.6. The van der Waals surface area contributed by atoms with E-state index in [4.69, 9.17) is 5.73 Å². The summed E-state index contributed by atoms with van der Waals surface area (Å²) in [6.07, 6.45) is 4.20. The minimum Gasteiger partial charge on any atom is -0.330 e. The number of rotatable bonds is 4. The molecule has 1 aliphatic rings. The first-order valence-corrected chi connectivity index (χ1v) is 9.24. The van der Waals surface area contributed by atoms with E-state index in [0.717, 1.165) is 25.7 Å². The average Bonchev–Trinajstić information content (AvgIpc) is 2.56. The normalized spacial score (nSPS) is 18.0. The molecular formula is C18H21NO2S. The number of hydrogen-bond donors (Lipinski definition) is 1. The number of hydrogen-bond acceptors (Lipinski definition) is 3. The van der Waals surface area contributed by atoms with Crippen molar-refractivity contribution < 1.29 is 8.42 Å². The third-order valence-electron chi connectivity index (χ3n) is 4.43. The van der Waals surface area contributed by atoms with E-state index in [2.05, 4.69) is 0 Å². The van der Waals surface area contributed by atoms with Crippen LogP contribution >= 0.6 is 0 Å². The summed E-state index contributed by atoms with van der Waals surface area (Å²) >= 11 is 0. The number of benzene rings is 2. The maximum absolute atomic E-state index is 12.8. The fourth-order valence-corrected chi connectivity index (χ4v) is 4.60. The van der Waals surface area contributed by atoms with Crippen LogP contribution in [0.2, 0.25) is 0 Å². The Hall–Kier alpha value is -1.65. The second kappa shape index (κ2) is 6.23. The molecule has 1 atom stereocenters. The summed E-state index contributed by atoms with van der Waals surface area (Å²) in [5.41, 5.74) is 8.16. The van der Waals surface area contributed by atoms with Crippen LogP contribution in [0.5, 0.6) is 0 Å². The second-order valence-corrected chi connectivity index (χ2v) is 7.79. The van der Waals surface area contributed by atoms with E-state index in [1.165, 1.54) is 11.1 Å². The van der Waals surface area contributed by atoms with Crippen molar-refractivity contribution in [3.05, 3.63) is 59.7 Å². The van der Waals surface area contributed by atoms with Gasteiger partial charge in [-0.2, -0.15) is 0 Å². The standard InChI is InChI=1S/C18H21NO2S/c19-12-11-15-6-4-5-14-9-10-17(13-18(14)15)22(20,21)16-7-2-1-3-8-16/h1-3,7-10,13,15H,4-6,11-12,19H2/t15-/m1/s1. The largest absolute Gasteiger partial charge is 0.330 e. The molecule has 0 fully saturated rings. The molecule has 0 saturated heterocycles. The molecule has 0 aromatic heterocycles. The van der Waals surface area contributed by atoms with Crippen LogP contribution in [-0.4, -0.2) is 15.0 Å². The van der Waals surface area contributed by atoms with Gasteiger partial charge in [-0.25, -0.2) is 8.42 Å². The van der Waals surface area contributed by atoms with Crippen LogP contribution in [0.1, 0.15) is 36.3 Å². The molecule has 2 N–H and O–H groups in total. The quantitative estimate of drug-likeness (QED) is 0.942. The number of aryl methyl sites for hydroxylation is 1. The number of sulfone groups is 1. The van der Waals surface area contributed by atoms with E-state index in [1.54, 1.807) is 30.3 Å². The van der Waals surface area contributed by atoms with Crippen molar-refractivity contribution in [3.63, 3.8) is 0 Å². The van der Waals surface area contributed by atoms with Crippen molar-refractivity contribution in [2.75, 3.05) is 6.54 Å². The SMILES string of the molecule is NCC[C@H]1CCCc2ccc(S(=O)(=O)c3ccccc3)cc21. The number of nitrogens with two attached hydrogens (primary N) is 1. The number of fused-ring (bicyclic) bond motifs is 1. The van der Waals surface area contributed by atoms with Crippen molar-refractivity contribution in [2.24, 2.45) is 5.73 Å². The zero-order chi connectivity index (χ0) is 15.6. The molecule has 0 aliphatic heterocycles. The predicted octanol–water partition coefficient (Wildman–Crippen LogP) is 3.29. The third-order valence-corrected chi connectivity index (χ3v) is 6.20. The highest BCUT2D eigenvalue weighted by atomic mass is 32.2. The van der Waals surface area contributed by atoms with Gasteiger partial charge in [0.05, 0.1) is 9.79 Å². The van der Waals surface area contributed by atoms with Gasteiger partial charge in [-0.1, -0.05) is 24.3 Å². The van der Waals surface area contributed by atoms with Crippen LogP contribution in [-0.2, 0) is 16.3 Å². The van der Waals surface area contributed by atoms with Crippen LogP contribution in [0.4, 0.5) is 0 Å². The molecule has 116 valence electrons. The summed E-state index contributed by atoms with van der Waals surface area (Å²) in [7, 11) is -3.44. The summed E-state index contributed by atoms with van der Waals surface area (Å²) < 4.78 is 25.5. The van der Waals surface area contributed by atoms with Crippen molar-refractivity contribution in [2.45, 2.75) is 41.4 Å². The minimum atomic E-state index is -3.44. The smallest absolute Gasteiger partial charge is 0.206 e. The van der Waals surface area contributed by atoms with Crippen LogP contribution in [0.15, 0.2) is 58.3 Å². The fraction of sp³-hybridized carbons (Fsp3) is 0.333. The van der Waals surface area contributed by atoms with E-state index < -0.39 is 9.84 Å². The molecule has 22 heavy (non-hydrogen) atoms. The fourth-order valence-electron chi connectivity index (χ4n) is 3.28. The van der Waals surface area contributed by atoms with E-state index >= 15 is 0 Å². The Bertz CT molecular complexity index is 754. The Morgan fingerprint density at radius 1 is 1.05 bits per heavy atom. The highest BCUT2D eigenvalue weighted by molar-refractivity contribution is 7.91. The van der Waals surface area contributed by atoms with Gasteiger partial charge in [0, 0.05) is 0 Å². The molecule has 4 heteroatoms. The van der Waals surface area contributed by atoms with Gasteiger partial charge < -0.3 is 5.73 Å². The van der Waals surface area contributed by atoms with Gasteiger partial charge in [-0.05, 0) is 73.5 Å². The van der Waals surface area contributed by atoms with Gasteiger partial charge in [0.2, 0.25) is 9.84 Å². The Morgan fingerprint density at radius 2 is 1.82 bits per heavy atom. The molecule has 3 nitrogen and oxygen atoms in total. The predicted molar refractivity (Wildman–Crippen MR) is 87.7 cm³/mol. The molecule has 0 heterocycles. The Morgan fingerprint density at radius 3 is 2.55 bits per heavy atom. The summed E-state index contributed by atoms with van der Waals surface area (Å²) in [5, 5.41) is 0. The van der Waals surface area contributed by atoms with Crippen molar-refractivity contribution in [3.8, 4) is 0 Å². The zero-order valence-electron chi connectivity index (χ0n) is 12.5.